The summed E-state index contributed by atoms with van der Waals surface area (Å²) in [5, 5.41) is 4.86. The van der Waals surface area contributed by atoms with Gasteiger partial charge in [-0.05, 0) is 50.1 Å². The molecule has 0 bridgehead atoms. The van der Waals surface area contributed by atoms with Gasteiger partial charge in [0.15, 0.2) is 6.61 Å². The Hall–Kier alpha value is -3.60. The second-order valence-corrected chi connectivity index (χ2v) is 9.92. The summed E-state index contributed by atoms with van der Waals surface area (Å²) in [7, 11) is -2.79. The molecule has 0 radical (unpaired) electrons. The Morgan fingerprint density at radius 1 is 1.00 bits per heavy atom. The van der Waals surface area contributed by atoms with E-state index in [0.29, 0.717) is 5.69 Å². The number of aryl methyl sites for hydroxylation is 1. The Kier molecular flexibility index (Phi) is 8.69. The van der Waals surface area contributed by atoms with E-state index in [0.717, 1.165) is 43.7 Å². The Balaban J connectivity index is 1.62. The predicted octanol–water partition coefficient (Wildman–Crippen LogP) is 3.12. The number of nitrogens with one attached hydrogen (secondary N) is 3. The summed E-state index contributed by atoms with van der Waals surface area (Å²) in [6.45, 7) is 1.17. The van der Waals surface area contributed by atoms with Crippen molar-refractivity contribution in [2.75, 3.05) is 18.4 Å². The van der Waals surface area contributed by atoms with E-state index >= 15 is 0 Å². The number of benzene rings is 2. The van der Waals surface area contributed by atoms with E-state index in [-0.39, 0.29) is 22.3 Å². The molecule has 0 unspecified atom stereocenters. The van der Waals surface area contributed by atoms with Crippen LogP contribution in [0, 0.1) is 6.92 Å². The number of carbonyl (C=O) groups is 3. The molecule has 188 valence electrons. The molecule has 2 aromatic carbocycles. The van der Waals surface area contributed by atoms with Gasteiger partial charge in [0, 0.05) is 11.7 Å². The fraction of sp³-hybridized carbons (Fsp3) is 0.375. The first kappa shape index (κ1) is 26.0. The summed E-state index contributed by atoms with van der Waals surface area (Å²) in [5.74, 6) is -1.70. The van der Waals surface area contributed by atoms with E-state index in [1.165, 1.54) is 19.2 Å². The third-order valence-electron chi connectivity index (χ3n) is 5.52. The summed E-state index contributed by atoms with van der Waals surface area (Å²) in [6.07, 6.45) is 4.90. The van der Waals surface area contributed by atoms with E-state index in [1.54, 1.807) is 24.3 Å². The van der Waals surface area contributed by atoms with Gasteiger partial charge in [0.05, 0.1) is 12.7 Å². The van der Waals surface area contributed by atoms with E-state index in [9.17, 15) is 22.8 Å². The number of ether oxygens (including phenoxy) is 2. The summed E-state index contributed by atoms with van der Waals surface area (Å²) < 4.78 is 38.4. The van der Waals surface area contributed by atoms with Crippen LogP contribution >= 0.6 is 0 Å². The Bertz CT molecular complexity index is 1170. The molecule has 0 aromatic heterocycles. The maximum atomic E-state index is 12.9. The smallest absolute Gasteiger partial charge is 0.338 e. The first-order valence-electron chi connectivity index (χ1n) is 11.2. The molecular formula is C24H29N3O7S. The summed E-state index contributed by atoms with van der Waals surface area (Å²) in [6, 6.07) is 9.85. The lowest BCUT2D eigenvalue weighted by Gasteiger charge is -2.22. The van der Waals surface area contributed by atoms with Gasteiger partial charge >= 0.3 is 12.0 Å². The van der Waals surface area contributed by atoms with Crippen molar-refractivity contribution in [2.45, 2.75) is 50.0 Å². The Morgan fingerprint density at radius 2 is 1.69 bits per heavy atom. The molecule has 3 rings (SSSR count). The zero-order valence-corrected chi connectivity index (χ0v) is 20.4. The number of hydrogen-bond acceptors (Lipinski definition) is 7. The standard InChI is InChI=1S/C24H29N3O7S/c1-16-8-11-19(12-9-16)27-35(31,32)21-14-17(10-13-20(21)33-2)23(29)34-15-22(28)26-24(30)25-18-6-4-3-5-7-18/h8-14,18,27H,3-7,15H2,1-2H3,(H2,25,26,28,30). The third kappa shape index (κ3) is 7.44. The van der Waals surface area contributed by atoms with Gasteiger partial charge in [-0.1, -0.05) is 37.0 Å². The molecule has 3 N–H and O–H groups in total. The maximum Gasteiger partial charge on any atom is 0.338 e. The highest BCUT2D eigenvalue weighted by atomic mass is 32.2. The summed E-state index contributed by atoms with van der Waals surface area (Å²) >= 11 is 0. The number of hydrogen-bond donors (Lipinski definition) is 3. The Morgan fingerprint density at radius 3 is 2.34 bits per heavy atom. The van der Waals surface area contributed by atoms with Gasteiger partial charge < -0.3 is 14.8 Å². The van der Waals surface area contributed by atoms with E-state index in [1.807, 2.05) is 6.92 Å². The summed E-state index contributed by atoms with van der Waals surface area (Å²) in [4.78, 5) is 36.2. The number of anilines is 1. The average Bonchev–Trinajstić information content (AvgIpc) is 2.84. The number of methoxy groups -OCH3 is 1. The van der Waals surface area contributed by atoms with Gasteiger partial charge in [0.25, 0.3) is 15.9 Å². The van der Waals surface area contributed by atoms with E-state index in [4.69, 9.17) is 9.47 Å². The van der Waals surface area contributed by atoms with Crippen LogP contribution in [0.2, 0.25) is 0 Å². The number of carbonyl (C=O) groups excluding carboxylic acids is 3. The van der Waals surface area contributed by atoms with Crippen molar-refractivity contribution in [3.8, 4) is 5.75 Å². The molecule has 3 amide bonds. The number of esters is 1. The van der Waals surface area contributed by atoms with Crippen molar-refractivity contribution in [3.63, 3.8) is 0 Å². The van der Waals surface area contributed by atoms with Crippen LogP contribution in [0.4, 0.5) is 10.5 Å². The minimum absolute atomic E-state index is 0.0206. The van der Waals surface area contributed by atoms with Crippen molar-refractivity contribution in [1.29, 1.82) is 0 Å². The maximum absolute atomic E-state index is 12.9. The van der Waals surface area contributed by atoms with Gasteiger partial charge in [-0.15, -0.1) is 0 Å². The van der Waals surface area contributed by atoms with E-state index in [2.05, 4.69) is 15.4 Å². The lowest BCUT2D eigenvalue weighted by molar-refractivity contribution is -0.123. The quantitative estimate of drug-likeness (QED) is 0.470. The second-order valence-electron chi connectivity index (χ2n) is 8.27. The highest BCUT2D eigenvalue weighted by molar-refractivity contribution is 7.92. The molecule has 1 aliphatic rings. The lowest BCUT2D eigenvalue weighted by Crippen LogP contribution is -2.46. The molecule has 35 heavy (non-hydrogen) atoms. The molecule has 1 fully saturated rings. The molecule has 0 atom stereocenters. The number of urea groups is 1. The summed E-state index contributed by atoms with van der Waals surface area (Å²) in [5.41, 5.74) is 1.20. The molecule has 0 heterocycles. The molecule has 1 aliphatic carbocycles. The Labute approximate surface area is 204 Å². The molecule has 11 heteroatoms. The van der Waals surface area contributed by atoms with Crippen molar-refractivity contribution in [2.24, 2.45) is 0 Å². The van der Waals surface area contributed by atoms with Crippen LogP contribution in [-0.4, -0.2) is 46.1 Å². The SMILES string of the molecule is COc1ccc(C(=O)OCC(=O)NC(=O)NC2CCCCC2)cc1S(=O)(=O)Nc1ccc(C)cc1. The van der Waals surface area contributed by atoms with Gasteiger partial charge in [0.2, 0.25) is 0 Å². The van der Waals surface area contributed by atoms with Crippen LogP contribution < -0.4 is 20.1 Å². The number of imide groups is 1. The normalized spacial score (nSPS) is 14.0. The van der Waals surface area contributed by atoms with Crippen molar-refractivity contribution in [1.82, 2.24) is 10.6 Å². The van der Waals surface area contributed by atoms with Gasteiger partial charge in [-0.3, -0.25) is 14.8 Å². The predicted molar refractivity (Wildman–Crippen MR) is 129 cm³/mol. The monoisotopic (exact) mass is 503 g/mol. The minimum atomic E-state index is -4.10. The second kappa shape index (κ2) is 11.7. The molecule has 0 aliphatic heterocycles. The first-order chi connectivity index (χ1) is 16.7. The van der Waals surface area contributed by atoms with Crippen molar-refractivity contribution < 1.29 is 32.3 Å². The molecule has 0 spiro atoms. The first-order valence-corrected chi connectivity index (χ1v) is 12.7. The topological polar surface area (TPSA) is 140 Å². The minimum Gasteiger partial charge on any atom is -0.495 e. The van der Waals surface area contributed by atoms with Crippen molar-refractivity contribution in [3.05, 3.63) is 53.6 Å². The van der Waals surface area contributed by atoms with Crippen LogP contribution in [0.15, 0.2) is 47.4 Å². The molecular weight excluding hydrogens is 474 g/mol. The molecule has 10 nitrogen and oxygen atoms in total. The highest BCUT2D eigenvalue weighted by Crippen LogP contribution is 2.27. The van der Waals surface area contributed by atoms with Crippen molar-refractivity contribution >= 4 is 33.6 Å². The molecule has 2 aromatic rings. The van der Waals surface area contributed by atoms with Gasteiger partial charge in [-0.25, -0.2) is 18.0 Å². The zero-order valence-electron chi connectivity index (χ0n) is 19.6. The fourth-order valence-corrected chi connectivity index (χ4v) is 4.95. The third-order valence-corrected chi connectivity index (χ3v) is 6.92. The van der Waals surface area contributed by atoms with Crippen LogP contribution in [0.1, 0.15) is 48.0 Å². The van der Waals surface area contributed by atoms with Crippen LogP contribution in [0.5, 0.6) is 5.75 Å². The number of sulfonamides is 1. The van der Waals surface area contributed by atoms with E-state index < -0.39 is 34.5 Å². The molecule has 1 saturated carbocycles. The number of amides is 3. The largest absolute Gasteiger partial charge is 0.495 e. The van der Waals surface area contributed by atoms with Gasteiger partial charge in [0.1, 0.15) is 10.6 Å². The van der Waals surface area contributed by atoms with Crippen LogP contribution in [0.3, 0.4) is 0 Å². The van der Waals surface area contributed by atoms with Crippen LogP contribution in [-0.2, 0) is 19.6 Å². The fourth-order valence-electron chi connectivity index (χ4n) is 3.69. The zero-order chi connectivity index (χ0) is 25.4. The average molecular weight is 504 g/mol. The van der Waals surface area contributed by atoms with Crippen LogP contribution in [0.25, 0.3) is 0 Å². The highest BCUT2D eigenvalue weighted by Gasteiger charge is 2.23. The van der Waals surface area contributed by atoms with Gasteiger partial charge in [-0.2, -0.15) is 0 Å². The lowest BCUT2D eigenvalue weighted by atomic mass is 9.96. The molecule has 0 saturated heterocycles. The number of rotatable bonds is 8.